The number of hydrogen-bond acceptors (Lipinski definition) is 4. The Hall–Kier alpha value is -1.46. The molecule has 1 heterocycles. The molecule has 0 bridgehead atoms. The highest BCUT2D eigenvalue weighted by Gasteiger charge is 2.18. The second kappa shape index (κ2) is 6.12. The Kier molecular flexibility index (Phi) is 4.64. The third-order valence-electron chi connectivity index (χ3n) is 3.01. The third-order valence-corrected chi connectivity index (χ3v) is 4.75. The number of benzene rings is 1. The van der Waals surface area contributed by atoms with Crippen molar-refractivity contribution in [2.24, 2.45) is 0 Å². The molecule has 0 unspecified atom stereocenters. The standard InChI is InChI=1S/C14H15O5PS/c1-3-10(14(15)19-2)12-8-21-13-5-4-9(6-11(12)13)7-20(16,17)18/h3-6,8H,7H2,1-2H3,(H2,16,17,18). The topological polar surface area (TPSA) is 83.8 Å². The van der Waals surface area contributed by atoms with Crippen LogP contribution in [0.15, 0.2) is 29.7 Å². The summed E-state index contributed by atoms with van der Waals surface area (Å²) in [6.45, 7) is 1.75. The zero-order valence-corrected chi connectivity index (χ0v) is 13.3. The zero-order valence-electron chi connectivity index (χ0n) is 11.6. The minimum Gasteiger partial charge on any atom is -0.465 e. The molecule has 1 aromatic carbocycles. The van der Waals surface area contributed by atoms with Crippen LogP contribution in [-0.2, 0) is 20.3 Å². The highest BCUT2D eigenvalue weighted by atomic mass is 32.1. The summed E-state index contributed by atoms with van der Waals surface area (Å²) in [7, 11) is -2.80. The molecule has 2 rings (SSSR count). The minimum atomic E-state index is -4.12. The first-order valence-electron chi connectivity index (χ1n) is 6.15. The molecule has 0 atom stereocenters. The number of esters is 1. The average Bonchev–Trinajstić information content (AvgIpc) is 2.81. The van der Waals surface area contributed by atoms with Crippen LogP contribution in [0, 0.1) is 0 Å². The Morgan fingerprint density at radius 3 is 2.71 bits per heavy atom. The number of allylic oxidation sites excluding steroid dienone is 1. The van der Waals surface area contributed by atoms with Crippen molar-refractivity contribution < 1.29 is 23.9 Å². The van der Waals surface area contributed by atoms with E-state index in [0.29, 0.717) is 11.1 Å². The molecule has 0 aliphatic carbocycles. The normalized spacial score (nSPS) is 12.7. The largest absolute Gasteiger partial charge is 0.465 e. The summed E-state index contributed by atoms with van der Waals surface area (Å²) in [4.78, 5) is 29.9. The Balaban J connectivity index is 2.53. The first-order valence-corrected chi connectivity index (χ1v) is 8.83. The molecule has 21 heavy (non-hydrogen) atoms. The number of hydrogen-bond donors (Lipinski definition) is 2. The number of carbonyl (C=O) groups is 1. The van der Waals surface area contributed by atoms with Gasteiger partial charge in [-0.1, -0.05) is 12.1 Å². The van der Waals surface area contributed by atoms with Gasteiger partial charge in [0.15, 0.2) is 0 Å². The summed E-state index contributed by atoms with van der Waals surface area (Å²) in [5, 5.41) is 2.64. The third kappa shape index (κ3) is 3.60. The first kappa shape index (κ1) is 15.9. The average molecular weight is 326 g/mol. The van der Waals surface area contributed by atoms with Crippen LogP contribution < -0.4 is 0 Å². The number of methoxy groups -OCH3 is 1. The lowest BCUT2D eigenvalue weighted by Gasteiger charge is -2.06. The molecule has 0 saturated heterocycles. The van der Waals surface area contributed by atoms with Gasteiger partial charge in [0.25, 0.3) is 0 Å². The fourth-order valence-electron chi connectivity index (χ4n) is 2.11. The van der Waals surface area contributed by atoms with Crippen molar-refractivity contribution in [2.75, 3.05) is 7.11 Å². The number of ether oxygens (including phenoxy) is 1. The van der Waals surface area contributed by atoms with E-state index in [0.717, 1.165) is 15.6 Å². The van der Waals surface area contributed by atoms with Gasteiger partial charge in [0.1, 0.15) is 0 Å². The molecule has 0 fully saturated rings. The summed E-state index contributed by atoms with van der Waals surface area (Å²) < 4.78 is 16.8. The summed E-state index contributed by atoms with van der Waals surface area (Å²) in [5.74, 6) is -0.433. The van der Waals surface area contributed by atoms with E-state index in [4.69, 9.17) is 14.5 Å². The maximum Gasteiger partial charge on any atom is 0.338 e. The fourth-order valence-corrected chi connectivity index (χ4v) is 3.73. The summed E-state index contributed by atoms with van der Waals surface area (Å²) >= 11 is 1.47. The van der Waals surface area contributed by atoms with Gasteiger partial charge < -0.3 is 14.5 Å². The molecule has 2 N–H and O–H groups in total. The molecular formula is C14H15O5PS. The summed E-state index contributed by atoms with van der Waals surface area (Å²) in [5.41, 5.74) is 1.70. The van der Waals surface area contributed by atoms with E-state index >= 15 is 0 Å². The molecule has 0 saturated carbocycles. The lowest BCUT2D eigenvalue weighted by Crippen LogP contribution is -2.03. The van der Waals surface area contributed by atoms with Crippen LogP contribution in [-0.4, -0.2) is 22.9 Å². The van der Waals surface area contributed by atoms with Gasteiger partial charge >= 0.3 is 13.6 Å². The van der Waals surface area contributed by atoms with Gasteiger partial charge in [-0.2, -0.15) is 0 Å². The molecule has 0 spiro atoms. The van der Waals surface area contributed by atoms with Gasteiger partial charge in [0, 0.05) is 21.0 Å². The maximum absolute atomic E-state index is 11.8. The highest BCUT2D eigenvalue weighted by molar-refractivity contribution is 7.50. The van der Waals surface area contributed by atoms with Gasteiger partial charge in [0.2, 0.25) is 0 Å². The molecule has 0 radical (unpaired) electrons. The van der Waals surface area contributed by atoms with Crippen molar-refractivity contribution in [3.63, 3.8) is 0 Å². The molecule has 0 aliphatic rings. The van der Waals surface area contributed by atoms with E-state index in [1.807, 2.05) is 5.38 Å². The first-order chi connectivity index (χ1) is 9.85. The van der Waals surface area contributed by atoms with Crippen molar-refractivity contribution in [1.82, 2.24) is 0 Å². The maximum atomic E-state index is 11.8. The van der Waals surface area contributed by atoms with Crippen molar-refractivity contribution in [3.05, 3.63) is 40.8 Å². The van der Waals surface area contributed by atoms with Gasteiger partial charge in [-0.05, 0) is 24.6 Å². The van der Waals surface area contributed by atoms with E-state index in [2.05, 4.69) is 0 Å². The van der Waals surface area contributed by atoms with E-state index in [9.17, 15) is 9.36 Å². The van der Waals surface area contributed by atoms with Gasteiger partial charge in [0.05, 0.1) is 18.8 Å². The molecule has 0 aliphatic heterocycles. The smallest absolute Gasteiger partial charge is 0.338 e. The lowest BCUT2D eigenvalue weighted by molar-refractivity contribution is -0.133. The molecule has 5 nitrogen and oxygen atoms in total. The monoisotopic (exact) mass is 326 g/mol. The van der Waals surface area contributed by atoms with Gasteiger partial charge in [-0.25, -0.2) is 4.79 Å². The minimum absolute atomic E-state index is 0.318. The van der Waals surface area contributed by atoms with E-state index < -0.39 is 13.6 Å². The number of fused-ring (bicyclic) bond motifs is 1. The summed E-state index contributed by atoms with van der Waals surface area (Å²) in [6.07, 6.45) is 1.35. The predicted octanol–water partition coefficient (Wildman–Crippen LogP) is 3.16. The fraction of sp³-hybridized carbons (Fsp3) is 0.214. The van der Waals surface area contributed by atoms with Crippen LogP contribution in [0.4, 0.5) is 0 Å². The van der Waals surface area contributed by atoms with Crippen molar-refractivity contribution in [2.45, 2.75) is 13.1 Å². The molecular weight excluding hydrogens is 311 g/mol. The van der Waals surface area contributed by atoms with Crippen LogP contribution in [0.5, 0.6) is 0 Å². The van der Waals surface area contributed by atoms with Gasteiger partial charge in [-0.15, -0.1) is 11.3 Å². The molecule has 0 amide bonds. The SMILES string of the molecule is CC=C(C(=O)OC)c1csc2ccc(CP(=O)(O)O)cc12. The van der Waals surface area contributed by atoms with Gasteiger partial charge in [-0.3, -0.25) is 4.57 Å². The second-order valence-electron chi connectivity index (χ2n) is 4.50. The zero-order chi connectivity index (χ0) is 15.6. The number of rotatable bonds is 4. The van der Waals surface area contributed by atoms with Crippen molar-refractivity contribution in [3.8, 4) is 0 Å². The van der Waals surface area contributed by atoms with E-state index in [1.54, 1.807) is 31.2 Å². The second-order valence-corrected chi connectivity index (χ2v) is 7.05. The van der Waals surface area contributed by atoms with E-state index in [-0.39, 0.29) is 6.16 Å². The van der Waals surface area contributed by atoms with Crippen LogP contribution in [0.1, 0.15) is 18.1 Å². The molecule has 2 aromatic rings. The number of thiophene rings is 1. The van der Waals surface area contributed by atoms with Crippen LogP contribution >= 0.6 is 18.9 Å². The quantitative estimate of drug-likeness (QED) is 0.512. The van der Waals surface area contributed by atoms with Crippen LogP contribution in [0.2, 0.25) is 0 Å². The molecule has 7 heteroatoms. The van der Waals surface area contributed by atoms with Crippen molar-refractivity contribution in [1.29, 1.82) is 0 Å². The lowest BCUT2D eigenvalue weighted by atomic mass is 10.0. The Labute approximate surface area is 126 Å². The Morgan fingerprint density at radius 1 is 1.43 bits per heavy atom. The van der Waals surface area contributed by atoms with Crippen molar-refractivity contribution >= 4 is 40.6 Å². The summed E-state index contributed by atoms with van der Waals surface area (Å²) in [6, 6.07) is 5.21. The highest BCUT2D eigenvalue weighted by Crippen LogP contribution is 2.40. The Bertz CT molecular complexity index is 756. The Morgan fingerprint density at radius 2 is 2.14 bits per heavy atom. The van der Waals surface area contributed by atoms with E-state index in [1.165, 1.54) is 18.4 Å². The van der Waals surface area contributed by atoms with Crippen LogP contribution in [0.3, 0.4) is 0 Å². The number of carbonyl (C=O) groups excluding carboxylic acids is 1. The molecule has 1 aromatic heterocycles. The predicted molar refractivity (Wildman–Crippen MR) is 83.2 cm³/mol. The van der Waals surface area contributed by atoms with Crippen LogP contribution in [0.25, 0.3) is 15.7 Å². The molecule has 112 valence electrons.